The molecule has 0 bridgehead atoms. The zero-order chi connectivity index (χ0) is 15.5. The number of amides is 1. The molecule has 22 heavy (non-hydrogen) atoms. The number of benzene rings is 1. The first-order valence-corrected chi connectivity index (χ1v) is 7.67. The molecule has 0 atom stereocenters. The topological polar surface area (TPSA) is 72.7 Å². The Morgan fingerprint density at radius 2 is 2.18 bits per heavy atom. The Hall–Kier alpha value is -2.00. The summed E-state index contributed by atoms with van der Waals surface area (Å²) in [6.07, 6.45) is 4.55. The number of carbonyl (C=O) groups excluding carboxylic acids is 1. The molecule has 8 heteroatoms. The van der Waals surface area contributed by atoms with Gasteiger partial charge in [-0.1, -0.05) is 11.6 Å². The van der Waals surface area contributed by atoms with Crippen molar-refractivity contribution in [1.29, 1.82) is 0 Å². The summed E-state index contributed by atoms with van der Waals surface area (Å²) in [5, 5.41) is 7.46. The van der Waals surface area contributed by atoms with Gasteiger partial charge in [-0.3, -0.25) is 4.79 Å². The number of rotatable bonds is 3. The summed E-state index contributed by atoms with van der Waals surface area (Å²) in [5.74, 6) is 0.257. The molecule has 0 radical (unpaired) electrons. The summed E-state index contributed by atoms with van der Waals surface area (Å²) in [6.45, 7) is 0. The molecule has 1 amide bonds. The van der Waals surface area contributed by atoms with E-state index in [0.29, 0.717) is 22.1 Å². The van der Waals surface area contributed by atoms with Crippen molar-refractivity contribution in [3.63, 3.8) is 0 Å². The molecular weight excluding hydrogens is 417 g/mol. The number of nitrogens with zero attached hydrogens (tertiary/aromatic N) is 4. The first-order valence-electron chi connectivity index (χ1n) is 6.21. The normalized spacial score (nSPS) is 10.5. The Morgan fingerprint density at radius 3 is 2.91 bits per heavy atom. The van der Waals surface area contributed by atoms with Gasteiger partial charge in [0.15, 0.2) is 5.82 Å². The molecule has 3 rings (SSSR count). The van der Waals surface area contributed by atoms with E-state index in [0.717, 1.165) is 3.57 Å². The van der Waals surface area contributed by atoms with Crippen molar-refractivity contribution >= 4 is 45.8 Å². The molecule has 0 spiro atoms. The van der Waals surface area contributed by atoms with Crippen LogP contribution in [0.1, 0.15) is 10.4 Å². The fourth-order valence-electron chi connectivity index (χ4n) is 1.86. The number of pyridine rings is 1. The van der Waals surface area contributed by atoms with Crippen LogP contribution in [0.2, 0.25) is 5.02 Å². The average molecular weight is 426 g/mol. The predicted octanol–water partition coefficient (Wildman–Crippen LogP) is 3.17. The highest BCUT2D eigenvalue weighted by molar-refractivity contribution is 14.1. The second-order valence-corrected chi connectivity index (χ2v) is 5.89. The predicted molar refractivity (Wildman–Crippen MR) is 91.3 cm³/mol. The van der Waals surface area contributed by atoms with Crippen LogP contribution in [0.3, 0.4) is 0 Å². The highest BCUT2D eigenvalue weighted by Crippen LogP contribution is 2.21. The van der Waals surface area contributed by atoms with Gasteiger partial charge in [0.2, 0.25) is 0 Å². The third kappa shape index (κ3) is 3.09. The minimum Gasteiger partial charge on any atom is -0.319 e. The maximum atomic E-state index is 12.4. The van der Waals surface area contributed by atoms with Gasteiger partial charge < -0.3 is 5.32 Å². The van der Waals surface area contributed by atoms with Crippen LogP contribution in [-0.4, -0.2) is 25.7 Å². The molecule has 2 aromatic heterocycles. The summed E-state index contributed by atoms with van der Waals surface area (Å²) in [7, 11) is 0. The Morgan fingerprint density at radius 1 is 1.32 bits per heavy atom. The van der Waals surface area contributed by atoms with E-state index in [9.17, 15) is 4.79 Å². The number of carbonyl (C=O) groups is 1. The Labute approximate surface area is 144 Å². The minimum atomic E-state index is -0.240. The molecule has 110 valence electrons. The van der Waals surface area contributed by atoms with Crippen molar-refractivity contribution in [3.05, 3.63) is 63.3 Å². The quantitative estimate of drug-likeness (QED) is 0.654. The molecule has 1 N–H and O–H groups in total. The van der Waals surface area contributed by atoms with E-state index in [-0.39, 0.29) is 5.91 Å². The Bertz CT molecular complexity index is 822. The largest absolute Gasteiger partial charge is 0.319 e. The molecule has 0 aliphatic carbocycles. The van der Waals surface area contributed by atoms with Crippen LogP contribution in [0.5, 0.6) is 0 Å². The van der Waals surface area contributed by atoms with Gasteiger partial charge in [0.25, 0.3) is 5.91 Å². The number of nitrogens with one attached hydrogen (secondary N) is 1. The van der Waals surface area contributed by atoms with Crippen LogP contribution in [0.4, 0.5) is 5.69 Å². The molecule has 0 aliphatic rings. The molecule has 0 saturated heterocycles. The van der Waals surface area contributed by atoms with Crippen LogP contribution in [0, 0.1) is 3.57 Å². The molecular formula is C14H9ClIN5O. The van der Waals surface area contributed by atoms with Gasteiger partial charge >= 0.3 is 0 Å². The van der Waals surface area contributed by atoms with Gasteiger partial charge in [-0.05, 0) is 52.9 Å². The molecule has 0 unspecified atom stereocenters. The highest BCUT2D eigenvalue weighted by atomic mass is 127. The summed E-state index contributed by atoms with van der Waals surface area (Å²) in [6, 6.07) is 8.59. The lowest BCUT2D eigenvalue weighted by Crippen LogP contribution is -2.16. The van der Waals surface area contributed by atoms with E-state index in [2.05, 4.69) is 43.0 Å². The van der Waals surface area contributed by atoms with Crippen molar-refractivity contribution in [1.82, 2.24) is 19.7 Å². The smallest absolute Gasteiger partial charge is 0.256 e. The lowest BCUT2D eigenvalue weighted by atomic mass is 10.2. The highest BCUT2D eigenvalue weighted by Gasteiger charge is 2.14. The maximum Gasteiger partial charge on any atom is 0.256 e. The second-order valence-electron chi connectivity index (χ2n) is 4.29. The van der Waals surface area contributed by atoms with Crippen LogP contribution in [-0.2, 0) is 0 Å². The van der Waals surface area contributed by atoms with Crippen LogP contribution < -0.4 is 5.32 Å². The summed E-state index contributed by atoms with van der Waals surface area (Å²) in [5.41, 5.74) is 1.09. The van der Waals surface area contributed by atoms with Gasteiger partial charge in [-0.2, -0.15) is 5.10 Å². The van der Waals surface area contributed by atoms with Gasteiger partial charge in [0, 0.05) is 14.8 Å². The number of hydrogen-bond donors (Lipinski definition) is 1. The first-order chi connectivity index (χ1) is 10.6. The second kappa shape index (κ2) is 6.41. The summed E-state index contributed by atoms with van der Waals surface area (Å²) >= 11 is 7.98. The van der Waals surface area contributed by atoms with E-state index < -0.39 is 0 Å². The van der Waals surface area contributed by atoms with Crippen molar-refractivity contribution in [2.75, 3.05) is 5.32 Å². The zero-order valence-corrected chi connectivity index (χ0v) is 14.0. The van der Waals surface area contributed by atoms with E-state index in [4.69, 9.17) is 11.6 Å². The Balaban J connectivity index is 1.92. The first kappa shape index (κ1) is 14.9. The molecule has 3 aromatic rings. The fraction of sp³-hybridized carbons (Fsp3) is 0. The minimum absolute atomic E-state index is 0.240. The maximum absolute atomic E-state index is 12.4. The van der Waals surface area contributed by atoms with E-state index >= 15 is 0 Å². The third-order valence-electron chi connectivity index (χ3n) is 2.85. The molecule has 6 nitrogen and oxygen atoms in total. The van der Waals surface area contributed by atoms with Crippen molar-refractivity contribution in [2.24, 2.45) is 0 Å². The number of halogens is 2. The monoisotopic (exact) mass is 425 g/mol. The number of aromatic nitrogens is 4. The van der Waals surface area contributed by atoms with E-state index in [1.54, 1.807) is 36.5 Å². The van der Waals surface area contributed by atoms with Crippen LogP contribution in [0.15, 0.2) is 49.2 Å². The molecule has 0 aliphatic heterocycles. The van der Waals surface area contributed by atoms with Crippen LogP contribution in [0.25, 0.3) is 5.82 Å². The average Bonchev–Trinajstić information content (AvgIpc) is 3.01. The standard InChI is InChI=1S/C14H9ClIN5O/c15-9-3-4-10(11(16)6-9)14(22)20-12-2-1-5-18-13(12)21-8-17-7-19-21/h1-8H,(H,20,22). The summed E-state index contributed by atoms with van der Waals surface area (Å²) in [4.78, 5) is 20.5. The molecule has 0 fully saturated rings. The third-order valence-corrected chi connectivity index (χ3v) is 3.97. The van der Waals surface area contributed by atoms with Gasteiger partial charge in [-0.25, -0.2) is 14.6 Å². The van der Waals surface area contributed by atoms with Gasteiger partial charge in [0.05, 0.1) is 11.3 Å². The lowest BCUT2D eigenvalue weighted by molar-refractivity contribution is 0.102. The van der Waals surface area contributed by atoms with Crippen molar-refractivity contribution < 1.29 is 4.79 Å². The fourth-order valence-corrected chi connectivity index (χ4v) is 2.97. The molecule has 2 heterocycles. The SMILES string of the molecule is O=C(Nc1cccnc1-n1cncn1)c1ccc(Cl)cc1I. The molecule has 0 saturated carbocycles. The Kier molecular flexibility index (Phi) is 4.34. The molecule has 1 aromatic carbocycles. The lowest BCUT2D eigenvalue weighted by Gasteiger charge is -2.10. The number of anilines is 1. The number of hydrogen-bond acceptors (Lipinski definition) is 4. The van der Waals surface area contributed by atoms with Gasteiger partial charge in [0.1, 0.15) is 12.7 Å². The van der Waals surface area contributed by atoms with Gasteiger partial charge in [-0.15, -0.1) is 0 Å². The zero-order valence-electron chi connectivity index (χ0n) is 11.1. The van der Waals surface area contributed by atoms with Crippen molar-refractivity contribution in [2.45, 2.75) is 0 Å². The van der Waals surface area contributed by atoms with E-state index in [1.165, 1.54) is 17.3 Å². The summed E-state index contributed by atoms with van der Waals surface area (Å²) < 4.78 is 2.26. The van der Waals surface area contributed by atoms with Crippen molar-refractivity contribution in [3.8, 4) is 5.82 Å². The van der Waals surface area contributed by atoms with Crippen LogP contribution >= 0.6 is 34.2 Å². The van der Waals surface area contributed by atoms with E-state index in [1.807, 2.05) is 0 Å².